The van der Waals surface area contributed by atoms with E-state index in [1.165, 1.54) is 24.3 Å². The number of carbonyl (C=O) groups is 1. The fourth-order valence-corrected chi connectivity index (χ4v) is 2.79. The number of esters is 1. The number of nitrogens with zero attached hydrogens (tertiary/aromatic N) is 3. The van der Waals surface area contributed by atoms with Crippen LogP contribution in [0.4, 0.5) is 5.69 Å². The van der Waals surface area contributed by atoms with Crippen LogP contribution in [0.15, 0.2) is 59.3 Å². The smallest absolute Gasteiger partial charge is 0.310 e. The molecule has 0 fully saturated rings. The van der Waals surface area contributed by atoms with Crippen LogP contribution in [-0.4, -0.2) is 26.0 Å². The number of rotatable bonds is 6. The molecule has 0 atom stereocenters. The number of hydrogen-bond acceptors (Lipinski definition) is 7. The highest BCUT2D eigenvalue weighted by Crippen LogP contribution is 2.21. The van der Waals surface area contributed by atoms with Crippen LogP contribution >= 0.6 is 0 Å². The van der Waals surface area contributed by atoms with Crippen LogP contribution in [0.3, 0.4) is 0 Å². The maximum absolute atomic E-state index is 12.1. The Morgan fingerprint density at radius 3 is 2.75 bits per heavy atom. The van der Waals surface area contributed by atoms with Crippen LogP contribution in [0, 0.1) is 10.1 Å². The summed E-state index contributed by atoms with van der Waals surface area (Å²) in [5.41, 5.74) is 2.33. The second-order valence-corrected chi connectivity index (χ2v) is 6.01. The number of benzene rings is 2. The molecule has 0 spiro atoms. The quantitative estimate of drug-likeness (QED) is 0.310. The van der Waals surface area contributed by atoms with Gasteiger partial charge in [0.15, 0.2) is 6.61 Å². The van der Waals surface area contributed by atoms with E-state index < -0.39 is 10.9 Å². The number of aromatic amines is 1. The lowest BCUT2D eigenvalue weighted by atomic mass is 10.1. The van der Waals surface area contributed by atoms with E-state index in [9.17, 15) is 14.9 Å². The van der Waals surface area contributed by atoms with E-state index in [0.29, 0.717) is 5.56 Å². The van der Waals surface area contributed by atoms with Gasteiger partial charge in [0.2, 0.25) is 5.82 Å². The number of nitro groups is 1. The lowest BCUT2D eigenvalue weighted by Crippen LogP contribution is -2.07. The van der Waals surface area contributed by atoms with Crippen molar-refractivity contribution in [3.63, 3.8) is 0 Å². The molecule has 0 amide bonds. The van der Waals surface area contributed by atoms with E-state index in [2.05, 4.69) is 15.1 Å². The Morgan fingerprint density at radius 2 is 1.96 bits per heavy atom. The third-order valence-electron chi connectivity index (χ3n) is 4.17. The molecule has 140 valence electrons. The Morgan fingerprint density at radius 1 is 1.18 bits per heavy atom. The number of non-ortho nitro benzene ring substituents is 1. The van der Waals surface area contributed by atoms with Crippen molar-refractivity contribution in [1.82, 2.24) is 15.1 Å². The van der Waals surface area contributed by atoms with Crippen molar-refractivity contribution in [2.75, 3.05) is 0 Å². The number of H-pyrrole nitrogens is 1. The minimum absolute atomic E-state index is 0.0290. The lowest BCUT2D eigenvalue weighted by Gasteiger charge is -2.01. The molecule has 1 N–H and O–H groups in total. The first kappa shape index (κ1) is 17.4. The second kappa shape index (κ2) is 7.31. The zero-order valence-corrected chi connectivity index (χ0v) is 14.5. The van der Waals surface area contributed by atoms with Gasteiger partial charge in [-0.05, 0) is 23.8 Å². The predicted octanol–water partition coefficient (Wildman–Crippen LogP) is 3.41. The van der Waals surface area contributed by atoms with Crippen LogP contribution in [0.25, 0.3) is 22.3 Å². The molecule has 0 radical (unpaired) electrons. The van der Waals surface area contributed by atoms with Crippen molar-refractivity contribution in [1.29, 1.82) is 0 Å². The SMILES string of the molecule is O=C(Cc1c[nH]c2ccccc12)OCc1nc(-c2ccc([N+](=O)[O-])cc2)no1. The summed E-state index contributed by atoms with van der Waals surface area (Å²) in [7, 11) is 0. The fourth-order valence-electron chi connectivity index (χ4n) is 2.79. The van der Waals surface area contributed by atoms with Gasteiger partial charge in [-0.2, -0.15) is 4.98 Å². The molecule has 2 aromatic heterocycles. The summed E-state index contributed by atoms with van der Waals surface area (Å²) >= 11 is 0. The van der Waals surface area contributed by atoms with Crippen molar-refractivity contribution in [3.05, 3.63) is 76.3 Å². The first-order valence-corrected chi connectivity index (χ1v) is 8.38. The molecule has 9 nitrogen and oxygen atoms in total. The predicted molar refractivity (Wildman–Crippen MR) is 98.2 cm³/mol. The summed E-state index contributed by atoms with van der Waals surface area (Å²) in [6.45, 7) is -0.152. The minimum Gasteiger partial charge on any atom is -0.455 e. The summed E-state index contributed by atoms with van der Waals surface area (Å²) in [5.74, 6) is -0.0157. The van der Waals surface area contributed by atoms with Gasteiger partial charge in [0, 0.05) is 34.8 Å². The molecule has 9 heteroatoms. The summed E-state index contributed by atoms with van der Waals surface area (Å²) in [4.78, 5) is 29.6. The number of fused-ring (bicyclic) bond motifs is 1. The van der Waals surface area contributed by atoms with E-state index in [0.717, 1.165) is 16.5 Å². The molecule has 4 rings (SSSR count). The molecule has 0 saturated carbocycles. The highest BCUT2D eigenvalue weighted by atomic mass is 16.6. The third kappa shape index (κ3) is 3.58. The van der Waals surface area contributed by atoms with Crippen molar-refractivity contribution in [2.24, 2.45) is 0 Å². The maximum Gasteiger partial charge on any atom is 0.310 e. The Balaban J connectivity index is 1.37. The Bertz CT molecular complexity index is 1150. The number of para-hydroxylation sites is 1. The number of nitrogens with one attached hydrogen (secondary N) is 1. The van der Waals surface area contributed by atoms with E-state index in [1.807, 2.05) is 24.3 Å². The number of hydrogen-bond donors (Lipinski definition) is 1. The standard InChI is InChI=1S/C19H14N4O5/c24-18(9-13-10-20-16-4-2-1-3-15(13)16)27-11-17-21-19(22-28-17)12-5-7-14(8-6-12)23(25)26/h1-8,10,20H,9,11H2. The van der Waals surface area contributed by atoms with Crippen LogP contribution in [0.2, 0.25) is 0 Å². The summed E-state index contributed by atoms with van der Waals surface area (Å²) in [6, 6.07) is 13.4. The molecular formula is C19H14N4O5. The lowest BCUT2D eigenvalue weighted by molar-refractivity contribution is -0.384. The van der Waals surface area contributed by atoms with Crippen molar-refractivity contribution in [3.8, 4) is 11.4 Å². The van der Waals surface area contributed by atoms with Gasteiger partial charge in [0.1, 0.15) is 0 Å². The van der Waals surface area contributed by atoms with Crippen molar-refractivity contribution in [2.45, 2.75) is 13.0 Å². The van der Waals surface area contributed by atoms with Crippen molar-refractivity contribution < 1.29 is 19.0 Å². The molecule has 0 aliphatic carbocycles. The fraction of sp³-hybridized carbons (Fsp3) is 0.105. The van der Waals surface area contributed by atoms with Crippen molar-refractivity contribution >= 4 is 22.6 Å². The topological polar surface area (TPSA) is 124 Å². The summed E-state index contributed by atoms with van der Waals surface area (Å²) in [5, 5.41) is 15.5. The monoisotopic (exact) mass is 378 g/mol. The molecular weight excluding hydrogens is 364 g/mol. The van der Waals surface area contributed by atoms with E-state index in [-0.39, 0.29) is 30.4 Å². The zero-order chi connectivity index (χ0) is 19.5. The third-order valence-corrected chi connectivity index (χ3v) is 4.17. The van der Waals surface area contributed by atoms with Gasteiger partial charge in [-0.25, -0.2) is 0 Å². The van der Waals surface area contributed by atoms with Crippen LogP contribution < -0.4 is 0 Å². The van der Waals surface area contributed by atoms with Crippen LogP contribution in [-0.2, 0) is 22.6 Å². The number of carbonyl (C=O) groups excluding carboxylic acids is 1. The first-order valence-electron chi connectivity index (χ1n) is 8.38. The average Bonchev–Trinajstić information content (AvgIpc) is 3.34. The Labute approximate surface area is 158 Å². The second-order valence-electron chi connectivity index (χ2n) is 6.01. The molecule has 28 heavy (non-hydrogen) atoms. The number of nitro benzene ring substituents is 1. The van der Waals surface area contributed by atoms with Gasteiger partial charge < -0.3 is 14.2 Å². The summed E-state index contributed by atoms with van der Waals surface area (Å²) in [6.07, 6.45) is 1.90. The van der Waals surface area contributed by atoms with Gasteiger partial charge >= 0.3 is 5.97 Å². The highest BCUT2D eigenvalue weighted by Gasteiger charge is 2.14. The minimum atomic E-state index is -0.488. The van der Waals surface area contributed by atoms with Gasteiger partial charge in [-0.3, -0.25) is 14.9 Å². The average molecular weight is 378 g/mol. The van der Waals surface area contributed by atoms with Gasteiger partial charge in [-0.15, -0.1) is 0 Å². The van der Waals surface area contributed by atoms with Gasteiger partial charge in [0.25, 0.3) is 11.6 Å². The molecule has 4 aromatic rings. The Kier molecular flexibility index (Phi) is 4.55. The summed E-state index contributed by atoms with van der Waals surface area (Å²) < 4.78 is 10.3. The molecule has 0 unspecified atom stereocenters. The zero-order valence-electron chi connectivity index (χ0n) is 14.5. The molecule has 2 heterocycles. The molecule has 0 aliphatic rings. The Hall–Kier alpha value is -4.01. The van der Waals surface area contributed by atoms with Crippen LogP contribution in [0.1, 0.15) is 11.5 Å². The number of ether oxygens (including phenoxy) is 1. The van der Waals surface area contributed by atoms with Gasteiger partial charge in [0.05, 0.1) is 11.3 Å². The van der Waals surface area contributed by atoms with Crippen LogP contribution in [0.5, 0.6) is 0 Å². The normalized spacial score (nSPS) is 10.9. The molecule has 0 saturated heterocycles. The van der Waals surface area contributed by atoms with E-state index in [4.69, 9.17) is 9.26 Å². The molecule has 0 aliphatic heterocycles. The largest absolute Gasteiger partial charge is 0.455 e. The molecule has 0 bridgehead atoms. The van der Waals surface area contributed by atoms with E-state index in [1.54, 1.807) is 6.20 Å². The van der Waals surface area contributed by atoms with Gasteiger partial charge in [-0.1, -0.05) is 23.4 Å². The highest BCUT2D eigenvalue weighted by molar-refractivity contribution is 5.87. The molecule has 2 aromatic carbocycles. The maximum atomic E-state index is 12.1. The van der Waals surface area contributed by atoms with E-state index >= 15 is 0 Å². The first-order chi connectivity index (χ1) is 13.6. The number of aromatic nitrogens is 3.